The van der Waals surface area contributed by atoms with Crippen LogP contribution in [0.1, 0.15) is 13.3 Å². The van der Waals surface area contributed by atoms with Crippen LogP contribution in [0.3, 0.4) is 0 Å². The number of hydrogen-bond acceptors (Lipinski definition) is 5. The molecule has 0 aliphatic carbocycles. The normalized spacial score (nSPS) is 12.4. The number of methoxy groups -OCH3 is 1. The SMILES string of the molecule is CCC(CN(C)c1ccc2ncoc2c1)C(=O)OC. The Morgan fingerprint density at radius 3 is 3.00 bits per heavy atom. The molecule has 2 aromatic rings. The molecule has 0 aliphatic heterocycles. The molecule has 5 nitrogen and oxygen atoms in total. The molecule has 102 valence electrons. The van der Waals surface area contributed by atoms with Gasteiger partial charge in [-0.1, -0.05) is 6.92 Å². The average Bonchev–Trinajstić information content (AvgIpc) is 2.90. The molecule has 1 aromatic heterocycles. The maximum atomic E-state index is 11.6. The molecule has 0 N–H and O–H groups in total. The van der Waals surface area contributed by atoms with E-state index in [0.717, 1.165) is 23.2 Å². The molecule has 0 saturated carbocycles. The number of carbonyl (C=O) groups excluding carboxylic acids is 1. The summed E-state index contributed by atoms with van der Waals surface area (Å²) in [6.07, 6.45) is 2.18. The Labute approximate surface area is 112 Å². The maximum absolute atomic E-state index is 11.6. The molecule has 1 aromatic carbocycles. The molecule has 19 heavy (non-hydrogen) atoms. The summed E-state index contributed by atoms with van der Waals surface area (Å²) < 4.78 is 10.1. The summed E-state index contributed by atoms with van der Waals surface area (Å²) >= 11 is 0. The monoisotopic (exact) mass is 262 g/mol. The Balaban J connectivity index is 2.13. The fourth-order valence-electron chi connectivity index (χ4n) is 2.05. The van der Waals surface area contributed by atoms with Gasteiger partial charge in [0.15, 0.2) is 12.0 Å². The molecule has 1 unspecified atom stereocenters. The molecule has 0 spiro atoms. The van der Waals surface area contributed by atoms with Gasteiger partial charge in [-0.2, -0.15) is 0 Å². The van der Waals surface area contributed by atoms with E-state index in [1.807, 2.05) is 37.1 Å². The molecular formula is C14H18N2O3. The zero-order chi connectivity index (χ0) is 13.8. The smallest absolute Gasteiger partial charge is 0.310 e. The second-order valence-corrected chi connectivity index (χ2v) is 4.51. The quantitative estimate of drug-likeness (QED) is 0.775. The number of benzene rings is 1. The number of hydrogen-bond donors (Lipinski definition) is 0. The number of esters is 1. The Morgan fingerprint density at radius 1 is 1.53 bits per heavy atom. The van der Waals surface area contributed by atoms with Crippen molar-refractivity contribution in [3.63, 3.8) is 0 Å². The van der Waals surface area contributed by atoms with Crippen molar-refractivity contribution in [2.24, 2.45) is 5.92 Å². The van der Waals surface area contributed by atoms with Crippen LogP contribution in [-0.2, 0) is 9.53 Å². The van der Waals surface area contributed by atoms with Crippen LogP contribution in [-0.4, -0.2) is 31.7 Å². The Bertz CT molecular complexity index is 565. The topological polar surface area (TPSA) is 55.6 Å². The highest BCUT2D eigenvalue weighted by atomic mass is 16.5. The van der Waals surface area contributed by atoms with Crippen molar-refractivity contribution < 1.29 is 13.9 Å². The van der Waals surface area contributed by atoms with Crippen LogP contribution in [0.5, 0.6) is 0 Å². The number of oxazole rings is 1. The van der Waals surface area contributed by atoms with Gasteiger partial charge in [0.25, 0.3) is 0 Å². The van der Waals surface area contributed by atoms with E-state index in [9.17, 15) is 4.79 Å². The predicted octanol–water partition coefficient (Wildman–Crippen LogP) is 2.46. The van der Waals surface area contributed by atoms with E-state index in [1.165, 1.54) is 13.5 Å². The molecule has 0 aliphatic rings. The largest absolute Gasteiger partial charge is 0.469 e. The van der Waals surface area contributed by atoms with E-state index in [4.69, 9.17) is 9.15 Å². The second-order valence-electron chi connectivity index (χ2n) is 4.51. The van der Waals surface area contributed by atoms with Crippen LogP contribution in [0.2, 0.25) is 0 Å². The highest BCUT2D eigenvalue weighted by Gasteiger charge is 2.19. The van der Waals surface area contributed by atoms with E-state index in [-0.39, 0.29) is 11.9 Å². The summed E-state index contributed by atoms with van der Waals surface area (Å²) in [6.45, 7) is 2.60. The van der Waals surface area contributed by atoms with Gasteiger partial charge >= 0.3 is 5.97 Å². The fourth-order valence-corrected chi connectivity index (χ4v) is 2.05. The number of fused-ring (bicyclic) bond motifs is 1. The molecule has 2 rings (SSSR count). The lowest BCUT2D eigenvalue weighted by Crippen LogP contribution is -2.30. The fraction of sp³-hybridized carbons (Fsp3) is 0.429. The van der Waals surface area contributed by atoms with Gasteiger partial charge in [0.2, 0.25) is 0 Å². The summed E-state index contributed by atoms with van der Waals surface area (Å²) in [5, 5.41) is 0. The van der Waals surface area contributed by atoms with Crippen molar-refractivity contribution >= 4 is 22.8 Å². The number of anilines is 1. The number of carbonyl (C=O) groups is 1. The summed E-state index contributed by atoms with van der Waals surface area (Å²) in [4.78, 5) is 17.7. The van der Waals surface area contributed by atoms with Crippen molar-refractivity contribution in [3.05, 3.63) is 24.6 Å². The van der Waals surface area contributed by atoms with Crippen molar-refractivity contribution in [2.75, 3.05) is 25.6 Å². The molecule has 0 fully saturated rings. The van der Waals surface area contributed by atoms with Crippen molar-refractivity contribution in [1.29, 1.82) is 0 Å². The standard InChI is InChI=1S/C14H18N2O3/c1-4-10(14(17)18-3)8-16(2)11-5-6-12-13(7-11)19-9-15-12/h5-7,9-10H,4,8H2,1-3H3. The maximum Gasteiger partial charge on any atom is 0.310 e. The number of ether oxygens (including phenoxy) is 1. The minimum atomic E-state index is -0.171. The minimum Gasteiger partial charge on any atom is -0.469 e. The zero-order valence-corrected chi connectivity index (χ0v) is 11.4. The van der Waals surface area contributed by atoms with Gasteiger partial charge < -0.3 is 14.1 Å². The highest BCUT2D eigenvalue weighted by molar-refractivity contribution is 5.77. The van der Waals surface area contributed by atoms with Crippen LogP contribution in [0.25, 0.3) is 11.1 Å². The van der Waals surface area contributed by atoms with Crippen LogP contribution < -0.4 is 4.90 Å². The first-order valence-corrected chi connectivity index (χ1v) is 6.28. The summed E-state index contributed by atoms with van der Waals surface area (Å²) in [6, 6.07) is 5.80. The second kappa shape index (κ2) is 5.73. The lowest BCUT2D eigenvalue weighted by Gasteiger charge is -2.23. The number of nitrogens with zero attached hydrogens (tertiary/aromatic N) is 2. The van der Waals surface area contributed by atoms with Crippen molar-refractivity contribution in [2.45, 2.75) is 13.3 Å². The third kappa shape index (κ3) is 2.86. The zero-order valence-electron chi connectivity index (χ0n) is 11.4. The van der Waals surface area contributed by atoms with Gasteiger partial charge in [0, 0.05) is 25.3 Å². The van der Waals surface area contributed by atoms with Gasteiger partial charge in [-0.05, 0) is 18.6 Å². The van der Waals surface area contributed by atoms with Crippen LogP contribution in [0, 0.1) is 5.92 Å². The van der Waals surface area contributed by atoms with E-state index < -0.39 is 0 Å². The molecular weight excluding hydrogens is 244 g/mol. The summed E-state index contributed by atoms with van der Waals surface area (Å²) in [7, 11) is 3.37. The Hall–Kier alpha value is -2.04. The Morgan fingerprint density at radius 2 is 2.32 bits per heavy atom. The van der Waals surface area contributed by atoms with Crippen LogP contribution >= 0.6 is 0 Å². The Kier molecular flexibility index (Phi) is 4.04. The van der Waals surface area contributed by atoms with E-state index in [2.05, 4.69) is 4.98 Å². The predicted molar refractivity (Wildman–Crippen MR) is 73.1 cm³/mol. The molecule has 0 amide bonds. The highest BCUT2D eigenvalue weighted by Crippen LogP contribution is 2.21. The summed E-state index contributed by atoms with van der Waals surface area (Å²) in [5.74, 6) is -0.296. The molecule has 1 heterocycles. The van der Waals surface area contributed by atoms with Gasteiger partial charge in [0.1, 0.15) is 5.52 Å². The van der Waals surface area contributed by atoms with Crippen molar-refractivity contribution in [3.8, 4) is 0 Å². The lowest BCUT2D eigenvalue weighted by molar-refractivity contribution is -0.145. The van der Waals surface area contributed by atoms with E-state index in [1.54, 1.807) is 0 Å². The van der Waals surface area contributed by atoms with Crippen LogP contribution in [0.4, 0.5) is 5.69 Å². The molecule has 0 bridgehead atoms. The molecule has 0 saturated heterocycles. The molecule has 5 heteroatoms. The summed E-state index contributed by atoms with van der Waals surface area (Å²) in [5.41, 5.74) is 2.57. The average molecular weight is 262 g/mol. The first-order valence-electron chi connectivity index (χ1n) is 6.28. The third-order valence-corrected chi connectivity index (χ3v) is 3.28. The van der Waals surface area contributed by atoms with Gasteiger partial charge in [0.05, 0.1) is 13.0 Å². The molecule has 1 atom stereocenters. The first kappa shape index (κ1) is 13.4. The number of aromatic nitrogens is 1. The van der Waals surface area contributed by atoms with Gasteiger partial charge in [-0.15, -0.1) is 0 Å². The lowest BCUT2D eigenvalue weighted by atomic mass is 10.1. The van der Waals surface area contributed by atoms with E-state index >= 15 is 0 Å². The van der Waals surface area contributed by atoms with Crippen LogP contribution in [0.15, 0.2) is 29.0 Å². The molecule has 0 radical (unpaired) electrons. The van der Waals surface area contributed by atoms with Gasteiger partial charge in [-0.3, -0.25) is 4.79 Å². The van der Waals surface area contributed by atoms with Crippen molar-refractivity contribution in [1.82, 2.24) is 4.98 Å². The number of rotatable bonds is 5. The van der Waals surface area contributed by atoms with Gasteiger partial charge in [-0.25, -0.2) is 4.98 Å². The van der Waals surface area contributed by atoms with E-state index in [0.29, 0.717) is 6.54 Å². The first-order chi connectivity index (χ1) is 9.15. The minimum absolute atomic E-state index is 0.125. The third-order valence-electron chi connectivity index (χ3n) is 3.28.